The molecular weight excluding hydrogens is 338 g/mol. The van der Waals surface area contributed by atoms with Crippen molar-refractivity contribution >= 4 is 33.2 Å². The van der Waals surface area contributed by atoms with Crippen LogP contribution in [0.1, 0.15) is 5.56 Å². The third-order valence-corrected chi connectivity index (χ3v) is 6.58. The van der Waals surface area contributed by atoms with Crippen molar-refractivity contribution in [3.8, 4) is 0 Å². The van der Waals surface area contributed by atoms with Crippen molar-refractivity contribution in [2.24, 2.45) is 0 Å². The van der Waals surface area contributed by atoms with Crippen LogP contribution in [0.5, 0.6) is 0 Å². The van der Waals surface area contributed by atoms with Gasteiger partial charge in [-0.15, -0.1) is 0 Å². The summed E-state index contributed by atoms with van der Waals surface area (Å²) in [7, 11) is -1.18. The number of likely N-dealkylation sites (N-methyl/N-ethyl adjacent to an activating group) is 1. The fourth-order valence-electron chi connectivity index (χ4n) is 3.33. The van der Waals surface area contributed by atoms with E-state index in [2.05, 4.69) is 5.32 Å². The molecular formula is C15H20ClN3O3S. The Morgan fingerprint density at radius 3 is 2.65 bits per heavy atom. The van der Waals surface area contributed by atoms with Gasteiger partial charge in [0, 0.05) is 29.8 Å². The first-order valence-corrected chi connectivity index (χ1v) is 9.71. The molecule has 2 aliphatic heterocycles. The molecule has 0 unspecified atom stereocenters. The van der Waals surface area contributed by atoms with Crippen molar-refractivity contribution in [3.63, 3.8) is 0 Å². The van der Waals surface area contributed by atoms with Gasteiger partial charge in [0.05, 0.1) is 17.5 Å². The van der Waals surface area contributed by atoms with E-state index in [0.717, 1.165) is 5.56 Å². The zero-order chi connectivity index (χ0) is 16.8. The van der Waals surface area contributed by atoms with E-state index in [9.17, 15) is 13.2 Å². The number of halogens is 1. The Morgan fingerprint density at radius 1 is 1.26 bits per heavy atom. The third kappa shape index (κ3) is 3.32. The fourth-order valence-corrected chi connectivity index (χ4v) is 5.61. The second-order valence-electron chi connectivity index (χ2n) is 6.27. The zero-order valence-electron chi connectivity index (χ0n) is 13.1. The molecule has 0 saturated carbocycles. The topological polar surface area (TPSA) is 69.7 Å². The number of aryl methyl sites for hydroxylation is 1. The number of piperazine rings is 1. The summed E-state index contributed by atoms with van der Waals surface area (Å²) in [4.78, 5) is 16.3. The molecule has 0 radical (unpaired) electrons. The van der Waals surface area contributed by atoms with Gasteiger partial charge in [0.25, 0.3) is 0 Å². The summed E-state index contributed by atoms with van der Waals surface area (Å²) in [6.45, 7) is 3.06. The summed E-state index contributed by atoms with van der Waals surface area (Å²) < 4.78 is 23.9. The molecule has 126 valence electrons. The summed E-state index contributed by atoms with van der Waals surface area (Å²) in [5, 5.41) is 3.49. The summed E-state index contributed by atoms with van der Waals surface area (Å²) in [6, 6.07) is 4.60. The first-order chi connectivity index (χ1) is 10.8. The Labute approximate surface area is 141 Å². The van der Waals surface area contributed by atoms with Gasteiger partial charge in [0.2, 0.25) is 0 Å². The molecule has 2 heterocycles. The second-order valence-corrected chi connectivity index (χ2v) is 8.87. The molecule has 3 rings (SSSR count). The molecule has 0 aromatic heterocycles. The molecule has 8 heteroatoms. The van der Waals surface area contributed by atoms with E-state index in [1.807, 2.05) is 18.9 Å². The molecule has 2 amide bonds. The highest BCUT2D eigenvalue weighted by Gasteiger charge is 2.46. The van der Waals surface area contributed by atoms with Crippen LogP contribution < -0.4 is 5.32 Å². The highest BCUT2D eigenvalue weighted by atomic mass is 35.5. The Bertz CT molecular complexity index is 737. The highest BCUT2D eigenvalue weighted by Crippen LogP contribution is 2.27. The van der Waals surface area contributed by atoms with Gasteiger partial charge in [-0.05, 0) is 37.7 Å². The van der Waals surface area contributed by atoms with Crippen LogP contribution in [0.4, 0.5) is 10.5 Å². The molecule has 23 heavy (non-hydrogen) atoms. The number of amides is 2. The van der Waals surface area contributed by atoms with Crippen molar-refractivity contribution in [2.75, 3.05) is 37.0 Å². The van der Waals surface area contributed by atoms with Crippen molar-refractivity contribution in [3.05, 3.63) is 28.8 Å². The van der Waals surface area contributed by atoms with Crippen LogP contribution >= 0.6 is 11.6 Å². The van der Waals surface area contributed by atoms with Crippen LogP contribution in [0, 0.1) is 6.92 Å². The summed E-state index contributed by atoms with van der Waals surface area (Å²) in [5.74, 6) is 0.160. The number of anilines is 1. The smallest absolute Gasteiger partial charge is 0.318 e. The van der Waals surface area contributed by atoms with E-state index < -0.39 is 9.84 Å². The van der Waals surface area contributed by atoms with Crippen molar-refractivity contribution in [2.45, 2.75) is 19.0 Å². The van der Waals surface area contributed by atoms with Gasteiger partial charge in [0.1, 0.15) is 0 Å². The molecule has 1 aromatic rings. The lowest BCUT2D eigenvalue weighted by molar-refractivity contribution is 0.0892. The molecule has 2 saturated heterocycles. The zero-order valence-corrected chi connectivity index (χ0v) is 14.7. The lowest BCUT2D eigenvalue weighted by Crippen LogP contribution is -2.60. The monoisotopic (exact) mass is 357 g/mol. The molecule has 1 aromatic carbocycles. The maximum atomic E-state index is 12.6. The minimum atomic E-state index is -3.10. The fraction of sp³-hybridized carbons (Fsp3) is 0.533. The molecule has 0 aliphatic carbocycles. The van der Waals surface area contributed by atoms with E-state index >= 15 is 0 Å². The average Bonchev–Trinajstić information content (AvgIpc) is 2.78. The number of benzene rings is 1. The maximum Gasteiger partial charge on any atom is 0.322 e. The normalized spacial score (nSPS) is 26.8. The lowest BCUT2D eigenvalue weighted by Gasteiger charge is -2.42. The van der Waals surface area contributed by atoms with E-state index in [-0.39, 0.29) is 29.6 Å². The van der Waals surface area contributed by atoms with Crippen molar-refractivity contribution in [1.29, 1.82) is 0 Å². The predicted octanol–water partition coefficient (Wildman–Crippen LogP) is 1.59. The number of rotatable bonds is 1. The number of hydrogen-bond acceptors (Lipinski definition) is 4. The van der Waals surface area contributed by atoms with E-state index in [4.69, 9.17) is 11.6 Å². The van der Waals surface area contributed by atoms with Gasteiger partial charge in [-0.3, -0.25) is 4.90 Å². The minimum absolute atomic E-state index is 0.0367. The quantitative estimate of drug-likeness (QED) is 0.828. The number of sulfone groups is 1. The molecule has 2 atom stereocenters. The Hall–Kier alpha value is -1.31. The Kier molecular flexibility index (Phi) is 4.29. The van der Waals surface area contributed by atoms with Crippen LogP contribution in [0.15, 0.2) is 18.2 Å². The van der Waals surface area contributed by atoms with Gasteiger partial charge < -0.3 is 10.2 Å². The summed E-state index contributed by atoms with van der Waals surface area (Å²) >= 11 is 5.93. The third-order valence-electron chi connectivity index (χ3n) is 4.64. The van der Waals surface area contributed by atoms with Crippen LogP contribution in [-0.4, -0.2) is 68.0 Å². The molecule has 1 N–H and O–H groups in total. The number of hydrogen-bond donors (Lipinski definition) is 1. The SMILES string of the molecule is Cc1cc(Cl)ccc1NC(=O)N1CCN(C)[C@@H]2CS(=O)(=O)C[C@@H]21. The first kappa shape index (κ1) is 16.5. The molecule has 6 nitrogen and oxygen atoms in total. The summed E-state index contributed by atoms with van der Waals surface area (Å²) in [5.41, 5.74) is 1.56. The lowest BCUT2D eigenvalue weighted by atomic mass is 10.1. The molecule has 0 spiro atoms. The number of fused-ring (bicyclic) bond motifs is 1. The van der Waals surface area contributed by atoms with Gasteiger partial charge >= 0.3 is 6.03 Å². The number of carbonyl (C=O) groups excluding carboxylic acids is 1. The van der Waals surface area contributed by atoms with E-state index in [1.165, 1.54) is 0 Å². The van der Waals surface area contributed by atoms with Gasteiger partial charge in [0.15, 0.2) is 9.84 Å². The Morgan fingerprint density at radius 2 is 1.96 bits per heavy atom. The molecule has 0 bridgehead atoms. The standard InChI is InChI=1S/C15H20ClN3O3S/c1-10-7-11(16)3-4-12(10)17-15(20)19-6-5-18(2)13-8-23(21,22)9-14(13)19/h3-4,7,13-14H,5-6,8-9H2,1-2H3,(H,17,20)/t13-,14+/m1/s1. The van der Waals surface area contributed by atoms with Crippen LogP contribution in [0.2, 0.25) is 5.02 Å². The van der Waals surface area contributed by atoms with Crippen LogP contribution in [0.3, 0.4) is 0 Å². The first-order valence-electron chi connectivity index (χ1n) is 7.51. The number of urea groups is 1. The van der Waals surface area contributed by atoms with E-state index in [1.54, 1.807) is 23.1 Å². The number of nitrogens with one attached hydrogen (secondary N) is 1. The van der Waals surface area contributed by atoms with Gasteiger partial charge in [-0.2, -0.15) is 0 Å². The maximum absolute atomic E-state index is 12.6. The largest absolute Gasteiger partial charge is 0.322 e. The van der Waals surface area contributed by atoms with E-state index in [0.29, 0.717) is 23.8 Å². The second kappa shape index (κ2) is 5.96. The Balaban J connectivity index is 1.79. The number of carbonyl (C=O) groups is 1. The predicted molar refractivity (Wildman–Crippen MR) is 90.8 cm³/mol. The van der Waals surface area contributed by atoms with Gasteiger partial charge in [-0.1, -0.05) is 11.6 Å². The summed E-state index contributed by atoms with van der Waals surface area (Å²) in [6.07, 6.45) is 0. The van der Waals surface area contributed by atoms with Crippen LogP contribution in [-0.2, 0) is 9.84 Å². The number of nitrogens with zero attached hydrogens (tertiary/aromatic N) is 2. The molecule has 2 aliphatic rings. The average molecular weight is 358 g/mol. The van der Waals surface area contributed by atoms with Crippen LogP contribution in [0.25, 0.3) is 0 Å². The minimum Gasteiger partial charge on any atom is -0.318 e. The highest BCUT2D eigenvalue weighted by molar-refractivity contribution is 7.91. The van der Waals surface area contributed by atoms with Crippen molar-refractivity contribution in [1.82, 2.24) is 9.80 Å². The van der Waals surface area contributed by atoms with Crippen molar-refractivity contribution < 1.29 is 13.2 Å². The molecule has 2 fully saturated rings. The van der Waals surface area contributed by atoms with Gasteiger partial charge in [-0.25, -0.2) is 13.2 Å².